The monoisotopic (exact) mass is 248 g/mol. The summed E-state index contributed by atoms with van der Waals surface area (Å²) < 4.78 is 0. The van der Waals surface area contributed by atoms with Gasteiger partial charge in [-0.25, -0.2) is 0 Å². The van der Waals surface area contributed by atoms with Crippen LogP contribution in [0.5, 0.6) is 0 Å². The van der Waals surface area contributed by atoms with Gasteiger partial charge < -0.3 is 20.4 Å². The molecule has 0 saturated carbocycles. The topological polar surface area (TPSA) is 115 Å². The van der Waals surface area contributed by atoms with Gasteiger partial charge in [-0.2, -0.15) is 0 Å². The molecule has 0 spiro atoms. The maximum Gasteiger partial charge on any atom is 0.314 e. The van der Waals surface area contributed by atoms with Gasteiger partial charge in [-0.05, 0) is 19.3 Å². The van der Waals surface area contributed by atoms with E-state index in [0.29, 0.717) is 0 Å². The van der Waals surface area contributed by atoms with Crippen LogP contribution in [0.1, 0.15) is 39.5 Å². The van der Waals surface area contributed by atoms with Gasteiger partial charge in [-0.3, -0.25) is 9.59 Å². The predicted molar refractivity (Wildman–Crippen MR) is 59.5 cm³/mol. The molecular weight excluding hydrogens is 228 g/mol. The molecule has 0 bridgehead atoms. The number of aliphatic carboxylic acids is 2. The van der Waals surface area contributed by atoms with Crippen LogP contribution in [-0.2, 0) is 9.59 Å². The first kappa shape index (κ1) is 15.9. The summed E-state index contributed by atoms with van der Waals surface area (Å²) in [5.74, 6) is -2.51. The van der Waals surface area contributed by atoms with E-state index in [0.717, 1.165) is 0 Å². The molecule has 2 unspecified atom stereocenters. The van der Waals surface area contributed by atoms with Crippen LogP contribution in [0.3, 0.4) is 0 Å². The van der Waals surface area contributed by atoms with Gasteiger partial charge in [0, 0.05) is 6.42 Å². The Bertz CT molecular complexity index is 265. The number of carbonyl (C=O) groups is 2. The summed E-state index contributed by atoms with van der Waals surface area (Å²) in [5, 5.41) is 37.5. The zero-order valence-electron chi connectivity index (χ0n) is 10.1. The second kappa shape index (κ2) is 6.56. The van der Waals surface area contributed by atoms with Crippen molar-refractivity contribution in [2.24, 2.45) is 5.41 Å². The Morgan fingerprint density at radius 2 is 1.47 bits per heavy atom. The minimum absolute atomic E-state index is 0.142. The maximum atomic E-state index is 11.3. The molecule has 0 fully saturated rings. The van der Waals surface area contributed by atoms with Crippen molar-refractivity contribution in [3.63, 3.8) is 0 Å². The lowest BCUT2D eigenvalue weighted by Crippen LogP contribution is -2.51. The molecule has 100 valence electrons. The number of carboxylic acids is 2. The Morgan fingerprint density at radius 3 is 1.71 bits per heavy atom. The van der Waals surface area contributed by atoms with Crippen molar-refractivity contribution >= 4 is 11.9 Å². The molecule has 0 aromatic heterocycles. The second-order valence-corrected chi connectivity index (χ2v) is 4.09. The number of hydrogen-bond acceptors (Lipinski definition) is 4. The summed E-state index contributed by atoms with van der Waals surface area (Å²) in [5.41, 5.74) is -1.80. The molecule has 0 aliphatic carbocycles. The highest BCUT2D eigenvalue weighted by molar-refractivity contribution is 5.77. The normalized spacial score (nSPS) is 18.1. The summed E-state index contributed by atoms with van der Waals surface area (Å²) in [6.45, 7) is 3.18. The van der Waals surface area contributed by atoms with Crippen LogP contribution in [0.25, 0.3) is 0 Å². The molecule has 0 aromatic rings. The molecule has 0 rings (SSSR count). The van der Waals surface area contributed by atoms with Gasteiger partial charge >= 0.3 is 11.9 Å². The number of carboxylic acid groups (broad SMARTS) is 2. The molecule has 0 heterocycles. The third kappa shape index (κ3) is 3.41. The average Bonchev–Trinajstić information content (AvgIpc) is 2.27. The summed E-state index contributed by atoms with van der Waals surface area (Å²) in [6.07, 6.45) is -2.95. The molecule has 0 aromatic carbocycles. The average molecular weight is 248 g/mol. The Labute approximate surface area is 99.9 Å². The number of aliphatic hydroxyl groups excluding tert-OH is 2. The van der Waals surface area contributed by atoms with Crippen LogP contribution in [0.15, 0.2) is 0 Å². The Balaban J connectivity index is 5.24. The van der Waals surface area contributed by atoms with E-state index in [1.807, 2.05) is 0 Å². The van der Waals surface area contributed by atoms with E-state index < -0.39 is 36.0 Å². The Morgan fingerprint density at radius 1 is 1.06 bits per heavy atom. The lowest BCUT2D eigenvalue weighted by molar-refractivity contribution is -0.171. The van der Waals surface area contributed by atoms with Gasteiger partial charge in [0.05, 0.1) is 12.2 Å². The molecule has 0 amide bonds. The van der Waals surface area contributed by atoms with E-state index >= 15 is 0 Å². The standard InChI is InChI=1S/C11H20O6/c1-3-7(12)11(10(16)17,8(13)4-2)6-5-9(14)15/h7-8,12-13H,3-6H2,1-2H3,(H,14,15)(H,16,17). The molecule has 0 aliphatic rings. The lowest BCUT2D eigenvalue weighted by Gasteiger charge is -2.37. The number of rotatable bonds is 8. The fourth-order valence-corrected chi connectivity index (χ4v) is 1.99. The van der Waals surface area contributed by atoms with E-state index in [2.05, 4.69) is 0 Å². The third-order valence-corrected chi connectivity index (χ3v) is 3.11. The quantitative estimate of drug-likeness (QED) is 0.496. The minimum atomic E-state index is -1.80. The lowest BCUT2D eigenvalue weighted by atomic mass is 9.71. The van der Waals surface area contributed by atoms with E-state index in [9.17, 15) is 24.9 Å². The fraction of sp³-hybridized carbons (Fsp3) is 0.818. The first-order valence-electron chi connectivity index (χ1n) is 5.64. The van der Waals surface area contributed by atoms with E-state index in [1.165, 1.54) is 0 Å². The molecule has 6 nitrogen and oxygen atoms in total. The van der Waals surface area contributed by atoms with Crippen molar-refractivity contribution in [3.8, 4) is 0 Å². The largest absolute Gasteiger partial charge is 0.481 e. The number of hydrogen-bond donors (Lipinski definition) is 4. The first-order chi connectivity index (χ1) is 7.82. The van der Waals surface area contributed by atoms with E-state index in [1.54, 1.807) is 13.8 Å². The molecule has 0 radical (unpaired) electrons. The molecular formula is C11H20O6. The fourth-order valence-electron chi connectivity index (χ4n) is 1.99. The smallest absolute Gasteiger partial charge is 0.314 e. The van der Waals surface area contributed by atoms with Crippen LogP contribution in [0, 0.1) is 5.41 Å². The molecule has 6 heteroatoms. The zero-order valence-corrected chi connectivity index (χ0v) is 10.1. The highest BCUT2D eigenvalue weighted by Gasteiger charge is 2.49. The van der Waals surface area contributed by atoms with Gasteiger partial charge in [-0.1, -0.05) is 13.8 Å². The Hall–Kier alpha value is -1.14. The van der Waals surface area contributed by atoms with Gasteiger partial charge in [0.15, 0.2) is 0 Å². The summed E-state index contributed by atoms with van der Waals surface area (Å²) in [6, 6.07) is 0. The highest BCUT2D eigenvalue weighted by atomic mass is 16.4. The molecule has 4 N–H and O–H groups in total. The van der Waals surface area contributed by atoms with Gasteiger partial charge in [0.2, 0.25) is 0 Å². The highest BCUT2D eigenvalue weighted by Crippen LogP contribution is 2.36. The molecule has 0 aliphatic heterocycles. The second-order valence-electron chi connectivity index (χ2n) is 4.09. The van der Waals surface area contributed by atoms with Crippen molar-refractivity contribution in [1.82, 2.24) is 0 Å². The molecule has 2 atom stereocenters. The minimum Gasteiger partial charge on any atom is -0.481 e. The van der Waals surface area contributed by atoms with Crippen molar-refractivity contribution in [2.45, 2.75) is 51.7 Å². The maximum absolute atomic E-state index is 11.3. The molecule has 0 saturated heterocycles. The van der Waals surface area contributed by atoms with Gasteiger partial charge in [-0.15, -0.1) is 0 Å². The van der Waals surface area contributed by atoms with E-state index in [-0.39, 0.29) is 19.3 Å². The van der Waals surface area contributed by atoms with Gasteiger partial charge in [0.25, 0.3) is 0 Å². The zero-order chi connectivity index (χ0) is 13.6. The van der Waals surface area contributed by atoms with Crippen molar-refractivity contribution in [3.05, 3.63) is 0 Å². The van der Waals surface area contributed by atoms with Crippen molar-refractivity contribution in [1.29, 1.82) is 0 Å². The van der Waals surface area contributed by atoms with Gasteiger partial charge in [0.1, 0.15) is 5.41 Å². The van der Waals surface area contributed by atoms with Crippen LogP contribution in [0.2, 0.25) is 0 Å². The van der Waals surface area contributed by atoms with Crippen LogP contribution in [-0.4, -0.2) is 44.6 Å². The SMILES string of the molecule is CCC(O)C(CCC(=O)O)(C(=O)O)C(O)CC. The van der Waals surface area contributed by atoms with Crippen LogP contribution in [0.4, 0.5) is 0 Å². The third-order valence-electron chi connectivity index (χ3n) is 3.11. The summed E-state index contributed by atoms with van der Waals surface area (Å²) in [4.78, 5) is 21.9. The summed E-state index contributed by atoms with van der Waals surface area (Å²) in [7, 11) is 0. The van der Waals surface area contributed by atoms with Crippen LogP contribution < -0.4 is 0 Å². The van der Waals surface area contributed by atoms with Crippen LogP contribution >= 0.6 is 0 Å². The van der Waals surface area contributed by atoms with Crippen molar-refractivity contribution in [2.75, 3.05) is 0 Å². The van der Waals surface area contributed by atoms with E-state index in [4.69, 9.17) is 5.11 Å². The predicted octanol–water partition coefficient (Wildman–Crippen LogP) is 0.464. The summed E-state index contributed by atoms with van der Waals surface area (Å²) >= 11 is 0. The molecule has 17 heavy (non-hydrogen) atoms. The first-order valence-corrected chi connectivity index (χ1v) is 5.64. The van der Waals surface area contributed by atoms with Crippen molar-refractivity contribution < 1.29 is 30.0 Å². The number of aliphatic hydroxyl groups is 2. The Kier molecular flexibility index (Phi) is 6.12.